The van der Waals surface area contributed by atoms with E-state index in [0.717, 1.165) is 0 Å². The summed E-state index contributed by atoms with van der Waals surface area (Å²) in [5, 5.41) is 17.1. The number of aliphatic hydroxyl groups excluding tert-OH is 2. The molecule has 0 aliphatic heterocycles. The summed E-state index contributed by atoms with van der Waals surface area (Å²) in [6.45, 7) is -0.185. The Hall–Kier alpha value is -1.07. The van der Waals surface area contributed by atoms with Crippen LogP contribution >= 0.6 is 0 Å². The first-order chi connectivity index (χ1) is 5.36. The average molecular weight is 155 g/mol. The Morgan fingerprint density at radius 2 is 1.91 bits per heavy atom. The van der Waals surface area contributed by atoms with Gasteiger partial charge in [0.25, 0.3) is 0 Å². The van der Waals surface area contributed by atoms with E-state index in [1.807, 2.05) is 0 Å². The summed E-state index contributed by atoms with van der Waals surface area (Å²) in [6, 6.07) is 0. The summed E-state index contributed by atoms with van der Waals surface area (Å²) in [5.41, 5.74) is 0. The number of hydrogen-bond acceptors (Lipinski definition) is 5. The quantitative estimate of drug-likeness (QED) is 0.579. The predicted molar refractivity (Wildman–Crippen MR) is 36.5 cm³/mol. The van der Waals surface area contributed by atoms with Crippen LogP contribution in [0.5, 0.6) is 0 Å². The number of hydrogen-bond donors (Lipinski definition) is 2. The summed E-state index contributed by atoms with van der Waals surface area (Å²) in [7, 11) is 0. The second-order valence-electron chi connectivity index (χ2n) is 1.95. The fraction of sp³-hybridized carbons (Fsp3) is 0.500. The molecule has 0 atom stereocenters. The van der Waals surface area contributed by atoms with Gasteiger partial charge in [-0.25, -0.2) is 15.0 Å². The van der Waals surface area contributed by atoms with Crippen molar-refractivity contribution in [2.45, 2.75) is 13.0 Å². The first-order valence-electron chi connectivity index (χ1n) is 3.25. The van der Waals surface area contributed by atoms with E-state index in [4.69, 9.17) is 10.2 Å². The van der Waals surface area contributed by atoms with Gasteiger partial charge in [0.15, 0.2) is 5.82 Å². The first-order valence-corrected chi connectivity index (χ1v) is 3.25. The minimum absolute atomic E-state index is 0.00881. The fourth-order valence-electron chi connectivity index (χ4n) is 0.665. The Morgan fingerprint density at radius 3 is 2.55 bits per heavy atom. The highest BCUT2D eigenvalue weighted by Crippen LogP contribution is 1.91. The van der Waals surface area contributed by atoms with Gasteiger partial charge in [-0.05, 0) is 0 Å². The van der Waals surface area contributed by atoms with E-state index in [9.17, 15) is 0 Å². The zero-order valence-corrected chi connectivity index (χ0v) is 5.93. The van der Waals surface area contributed by atoms with Gasteiger partial charge in [0.05, 0.1) is 6.61 Å². The third-order valence-electron chi connectivity index (χ3n) is 1.15. The second kappa shape index (κ2) is 3.95. The SMILES string of the molecule is OCCc1ncnc(CO)n1. The van der Waals surface area contributed by atoms with Crippen LogP contribution in [-0.4, -0.2) is 31.8 Å². The monoisotopic (exact) mass is 155 g/mol. The normalized spacial score (nSPS) is 10.0. The van der Waals surface area contributed by atoms with E-state index < -0.39 is 0 Å². The molecule has 0 aliphatic carbocycles. The highest BCUT2D eigenvalue weighted by molar-refractivity contribution is 4.89. The zero-order chi connectivity index (χ0) is 8.10. The lowest BCUT2D eigenvalue weighted by atomic mass is 10.4. The minimum Gasteiger partial charge on any atom is -0.396 e. The Kier molecular flexibility index (Phi) is 2.88. The van der Waals surface area contributed by atoms with E-state index in [2.05, 4.69) is 15.0 Å². The highest BCUT2D eigenvalue weighted by atomic mass is 16.3. The van der Waals surface area contributed by atoms with Crippen molar-refractivity contribution in [1.29, 1.82) is 0 Å². The van der Waals surface area contributed by atoms with Gasteiger partial charge < -0.3 is 10.2 Å². The lowest BCUT2D eigenvalue weighted by Crippen LogP contribution is -2.03. The molecular weight excluding hydrogens is 146 g/mol. The van der Waals surface area contributed by atoms with E-state index in [1.54, 1.807) is 0 Å². The summed E-state index contributed by atoms with van der Waals surface area (Å²) in [4.78, 5) is 11.3. The number of aromatic nitrogens is 3. The van der Waals surface area contributed by atoms with E-state index in [-0.39, 0.29) is 13.2 Å². The summed E-state index contributed by atoms with van der Waals surface area (Å²) >= 11 is 0. The third-order valence-corrected chi connectivity index (χ3v) is 1.15. The molecule has 1 heterocycles. The van der Waals surface area contributed by atoms with Crippen molar-refractivity contribution >= 4 is 0 Å². The molecule has 0 radical (unpaired) electrons. The molecule has 1 aromatic heterocycles. The lowest BCUT2D eigenvalue weighted by molar-refractivity contribution is 0.268. The maximum Gasteiger partial charge on any atom is 0.157 e. The van der Waals surface area contributed by atoms with Gasteiger partial charge in [0, 0.05) is 6.42 Å². The van der Waals surface area contributed by atoms with Crippen LogP contribution in [0, 0.1) is 0 Å². The molecule has 2 N–H and O–H groups in total. The average Bonchev–Trinajstić information content (AvgIpc) is 2.06. The molecule has 60 valence electrons. The van der Waals surface area contributed by atoms with Gasteiger partial charge >= 0.3 is 0 Å². The Labute approximate surface area is 63.8 Å². The standard InChI is InChI=1S/C6H9N3O2/c10-2-1-5-7-4-8-6(3-11)9-5/h4,10-11H,1-3H2. The minimum atomic E-state index is -0.194. The smallest absolute Gasteiger partial charge is 0.157 e. The summed E-state index contributed by atoms with van der Waals surface area (Å²) < 4.78 is 0. The molecule has 1 rings (SSSR count). The molecule has 0 saturated carbocycles. The molecule has 0 spiro atoms. The number of nitrogens with zero attached hydrogens (tertiary/aromatic N) is 3. The van der Waals surface area contributed by atoms with Crippen molar-refractivity contribution in [3.05, 3.63) is 18.0 Å². The van der Waals surface area contributed by atoms with Gasteiger partial charge in [0.1, 0.15) is 18.8 Å². The molecule has 0 bridgehead atoms. The first kappa shape index (κ1) is 8.03. The largest absolute Gasteiger partial charge is 0.396 e. The molecule has 0 aromatic carbocycles. The molecule has 1 aromatic rings. The van der Waals surface area contributed by atoms with Crippen molar-refractivity contribution in [2.24, 2.45) is 0 Å². The van der Waals surface area contributed by atoms with Gasteiger partial charge in [-0.3, -0.25) is 0 Å². The Morgan fingerprint density at radius 1 is 1.18 bits per heavy atom. The predicted octanol–water partition coefficient (Wildman–Crippen LogP) is -1.10. The molecule has 0 fully saturated rings. The van der Waals surface area contributed by atoms with Crippen LogP contribution in [0.25, 0.3) is 0 Å². The van der Waals surface area contributed by atoms with Crippen molar-refractivity contribution in [2.75, 3.05) is 6.61 Å². The van der Waals surface area contributed by atoms with Crippen LogP contribution in [0.4, 0.5) is 0 Å². The third kappa shape index (κ3) is 2.21. The molecule has 11 heavy (non-hydrogen) atoms. The maximum atomic E-state index is 8.61. The van der Waals surface area contributed by atoms with Crippen molar-refractivity contribution in [3.8, 4) is 0 Å². The summed E-state index contributed by atoms with van der Waals surface area (Å²) in [6.07, 6.45) is 1.72. The van der Waals surface area contributed by atoms with Crippen molar-refractivity contribution in [3.63, 3.8) is 0 Å². The van der Waals surface area contributed by atoms with Crippen LogP contribution in [0.1, 0.15) is 11.6 Å². The lowest BCUT2D eigenvalue weighted by Gasteiger charge is -1.96. The van der Waals surface area contributed by atoms with Gasteiger partial charge in [-0.2, -0.15) is 0 Å². The fourth-order valence-corrected chi connectivity index (χ4v) is 0.665. The number of rotatable bonds is 3. The van der Waals surface area contributed by atoms with Crippen LogP contribution in [0.15, 0.2) is 6.33 Å². The molecule has 0 amide bonds. The molecule has 0 aliphatic rings. The molecule has 5 nitrogen and oxygen atoms in total. The van der Waals surface area contributed by atoms with Crippen molar-refractivity contribution < 1.29 is 10.2 Å². The van der Waals surface area contributed by atoms with Crippen molar-refractivity contribution in [1.82, 2.24) is 15.0 Å². The molecular formula is C6H9N3O2. The summed E-state index contributed by atoms with van der Waals surface area (Å²) in [5.74, 6) is 0.843. The van der Waals surface area contributed by atoms with E-state index in [0.29, 0.717) is 18.1 Å². The zero-order valence-electron chi connectivity index (χ0n) is 5.93. The number of aliphatic hydroxyl groups is 2. The van der Waals surface area contributed by atoms with Gasteiger partial charge in [0.2, 0.25) is 0 Å². The van der Waals surface area contributed by atoms with Crippen LogP contribution in [0.2, 0.25) is 0 Å². The van der Waals surface area contributed by atoms with Crippen LogP contribution in [0.3, 0.4) is 0 Å². The Bertz CT molecular complexity index is 229. The van der Waals surface area contributed by atoms with Gasteiger partial charge in [-0.1, -0.05) is 0 Å². The second-order valence-corrected chi connectivity index (χ2v) is 1.95. The highest BCUT2D eigenvalue weighted by Gasteiger charge is 1.97. The molecule has 0 saturated heterocycles. The van der Waals surface area contributed by atoms with Crippen LogP contribution < -0.4 is 0 Å². The topological polar surface area (TPSA) is 79.1 Å². The molecule has 5 heteroatoms. The molecule has 0 unspecified atom stereocenters. The van der Waals surface area contributed by atoms with Crippen LogP contribution in [-0.2, 0) is 13.0 Å². The van der Waals surface area contributed by atoms with E-state index in [1.165, 1.54) is 6.33 Å². The van der Waals surface area contributed by atoms with Gasteiger partial charge in [-0.15, -0.1) is 0 Å². The maximum absolute atomic E-state index is 8.61. The van der Waals surface area contributed by atoms with E-state index >= 15 is 0 Å². The Balaban J connectivity index is 2.74.